The number of carbonyl (C=O) groups excluding carboxylic acids is 1. The van der Waals surface area contributed by atoms with Gasteiger partial charge in [0.15, 0.2) is 17.2 Å². The van der Waals surface area contributed by atoms with Gasteiger partial charge in [0.2, 0.25) is 5.75 Å². The Balaban J connectivity index is 2.75. The first-order chi connectivity index (χ1) is 10.6. The zero-order valence-electron chi connectivity index (χ0n) is 14.1. The molecule has 0 fully saturated rings. The van der Waals surface area contributed by atoms with E-state index in [0.29, 0.717) is 17.7 Å². The Labute approximate surface area is 134 Å². The lowest BCUT2D eigenvalue weighted by atomic mass is 9.88. The average molecular weight is 320 g/mol. The summed E-state index contributed by atoms with van der Waals surface area (Å²) in [5.74, 6) is -0.751. The van der Waals surface area contributed by atoms with Crippen LogP contribution in [0.1, 0.15) is 45.9 Å². The summed E-state index contributed by atoms with van der Waals surface area (Å²) in [7, 11) is 0. The second-order valence-corrected chi connectivity index (χ2v) is 6.56. The third-order valence-electron chi connectivity index (χ3n) is 3.53. The van der Waals surface area contributed by atoms with Crippen molar-refractivity contribution < 1.29 is 13.9 Å². The Bertz CT molecular complexity index is 819. The smallest absolute Gasteiger partial charge is 0.300 e. The number of ketones is 1. The minimum absolute atomic E-state index is 0.00524. The first-order valence-corrected chi connectivity index (χ1v) is 7.52. The molecule has 5 nitrogen and oxygen atoms in total. The second-order valence-electron chi connectivity index (χ2n) is 6.56. The maximum atomic E-state index is 14.4. The van der Waals surface area contributed by atoms with Gasteiger partial charge in [0.05, 0.1) is 5.69 Å². The van der Waals surface area contributed by atoms with E-state index in [9.17, 15) is 14.0 Å². The molecule has 6 heteroatoms. The zero-order valence-corrected chi connectivity index (χ0v) is 14.1. The number of carbonyl (C=O) groups is 1. The summed E-state index contributed by atoms with van der Waals surface area (Å²) in [6.07, 6.45) is 1.98. The number of aryl methyl sites for hydroxylation is 1. The molecule has 2 aromatic heterocycles. The van der Waals surface area contributed by atoms with E-state index < -0.39 is 11.4 Å². The Morgan fingerprint density at radius 3 is 2.57 bits per heavy atom. The van der Waals surface area contributed by atoms with E-state index in [2.05, 4.69) is 4.98 Å². The molecular formula is C17H21FN2O3. The number of fused-ring (bicyclic) bond motifs is 1. The van der Waals surface area contributed by atoms with Gasteiger partial charge in [0.1, 0.15) is 6.61 Å². The van der Waals surface area contributed by atoms with Gasteiger partial charge < -0.3 is 4.74 Å². The van der Waals surface area contributed by atoms with Gasteiger partial charge in [-0.15, -0.1) is 0 Å². The molecular weight excluding hydrogens is 299 g/mol. The molecule has 0 N–H and O–H groups in total. The largest absolute Gasteiger partial charge is 0.478 e. The number of Topliss-reactive ketones (excluding diaryl/α,β-unsaturated/α-hetero) is 1. The van der Waals surface area contributed by atoms with Crippen LogP contribution in [0.4, 0.5) is 4.39 Å². The van der Waals surface area contributed by atoms with Crippen molar-refractivity contribution in [2.45, 2.75) is 46.5 Å². The molecule has 124 valence electrons. The number of hydrogen-bond donors (Lipinski definition) is 0. The van der Waals surface area contributed by atoms with Crippen LogP contribution in [0.2, 0.25) is 0 Å². The highest BCUT2D eigenvalue weighted by Crippen LogP contribution is 2.24. The third kappa shape index (κ3) is 3.41. The van der Waals surface area contributed by atoms with E-state index in [0.717, 1.165) is 4.40 Å². The molecule has 0 aliphatic rings. The van der Waals surface area contributed by atoms with Gasteiger partial charge in [-0.2, -0.15) is 0 Å². The van der Waals surface area contributed by atoms with Gasteiger partial charge >= 0.3 is 5.56 Å². The van der Waals surface area contributed by atoms with Crippen molar-refractivity contribution in [1.29, 1.82) is 0 Å². The SMILES string of the molecule is CCc1nc2c(F)cc(C(C)(C)C)cn2c(=O)c1OCC(C)=O. The van der Waals surface area contributed by atoms with Crippen LogP contribution in [0.25, 0.3) is 5.65 Å². The topological polar surface area (TPSA) is 60.7 Å². The van der Waals surface area contributed by atoms with Crippen molar-refractivity contribution in [1.82, 2.24) is 9.38 Å². The Morgan fingerprint density at radius 2 is 2.04 bits per heavy atom. The van der Waals surface area contributed by atoms with Crippen LogP contribution < -0.4 is 10.3 Å². The molecule has 23 heavy (non-hydrogen) atoms. The summed E-state index contributed by atoms with van der Waals surface area (Å²) in [5.41, 5.74) is 0.165. The predicted molar refractivity (Wildman–Crippen MR) is 85.7 cm³/mol. The number of nitrogens with zero attached hydrogens (tertiary/aromatic N) is 2. The Hall–Kier alpha value is -2.24. The highest BCUT2D eigenvalue weighted by Gasteiger charge is 2.20. The van der Waals surface area contributed by atoms with Gasteiger partial charge in [-0.25, -0.2) is 9.37 Å². The van der Waals surface area contributed by atoms with Crippen molar-refractivity contribution in [2.24, 2.45) is 0 Å². The minimum Gasteiger partial charge on any atom is -0.478 e. The van der Waals surface area contributed by atoms with Crippen LogP contribution in [-0.4, -0.2) is 21.8 Å². The Kier molecular flexibility index (Phi) is 4.54. The highest BCUT2D eigenvalue weighted by atomic mass is 19.1. The van der Waals surface area contributed by atoms with Gasteiger partial charge in [-0.3, -0.25) is 14.0 Å². The molecule has 0 saturated carbocycles. The molecule has 0 aliphatic carbocycles. The van der Waals surface area contributed by atoms with Gasteiger partial charge in [0.25, 0.3) is 0 Å². The molecule has 0 atom stereocenters. The fourth-order valence-electron chi connectivity index (χ4n) is 2.20. The maximum absolute atomic E-state index is 14.4. The Morgan fingerprint density at radius 1 is 1.39 bits per heavy atom. The molecule has 2 aromatic rings. The predicted octanol–water partition coefficient (Wildman–Crippen LogP) is 2.66. The van der Waals surface area contributed by atoms with E-state index in [1.165, 1.54) is 13.0 Å². The highest BCUT2D eigenvalue weighted by molar-refractivity contribution is 5.77. The first-order valence-electron chi connectivity index (χ1n) is 7.52. The van der Waals surface area contributed by atoms with E-state index in [1.54, 1.807) is 13.1 Å². The van der Waals surface area contributed by atoms with Gasteiger partial charge in [0, 0.05) is 6.20 Å². The van der Waals surface area contributed by atoms with Gasteiger partial charge in [-0.1, -0.05) is 27.7 Å². The third-order valence-corrected chi connectivity index (χ3v) is 3.53. The fraction of sp³-hybridized carbons (Fsp3) is 0.471. The van der Waals surface area contributed by atoms with Crippen molar-refractivity contribution in [3.05, 3.63) is 39.7 Å². The molecule has 0 bridgehead atoms. The molecule has 0 amide bonds. The molecule has 0 radical (unpaired) electrons. The summed E-state index contributed by atoms with van der Waals surface area (Å²) in [6.45, 7) is 8.74. The monoisotopic (exact) mass is 320 g/mol. The molecule has 2 rings (SSSR count). The quantitative estimate of drug-likeness (QED) is 0.869. The lowest BCUT2D eigenvalue weighted by Crippen LogP contribution is -2.24. The normalized spacial score (nSPS) is 11.7. The zero-order chi connectivity index (χ0) is 17.4. The molecule has 0 unspecified atom stereocenters. The van der Waals surface area contributed by atoms with Crippen molar-refractivity contribution in [3.8, 4) is 5.75 Å². The van der Waals surface area contributed by atoms with Crippen LogP contribution in [0.3, 0.4) is 0 Å². The number of hydrogen-bond acceptors (Lipinski definition) is 4. The van der Waals surface area contributed by atoms with E-state index in [1.807, 2.05) is 20.8 Å². The van der Waals surface area contributed by atoms with Gasteiger partial charge in [-0.05, 0) is 30.4 Å². The summed E-state index contributed by atoms with van der Waals surface area (Å²) in [5, 5.41) is 0. The average Bonchev–Trinajstić information content (AvgIpc) is 2.45. The molecule has 0 saturated heterocycles. The summed E-state index contributed by atoms with van der Waals surface area (Å²) < 4.78 is 20.9. The molecule has 0 spiro atoms. The maximum Gasteiger partial charge on any atom is 0.300 e. The van der Waals surface area contributed by atoms with Crippen molar-refractivity contribution in [2.75, 3.05) is 6.61 Å². The van der Waals surface area contributed by atoms with E-state index in [4.69, 9.17) is 4.74 Å². The number of ether oxygens (including phenoxy) is 1. The number of halogens is 1. The van der Waals surface area contributed by atoms with Crippen molar-refractivity contribution in [3.63, 3.8) is 0 Å². The van der Waals surface area contributed by atoms with E-state index >= 15 is 0 Å². The molecule has 0 aliphatic heterocycles. The van der Waals surface area contributed by atoms with Crippen LogP contribution in [-0.2, 0) is 16.6 Å². The lowest BCUT2D eigenvalue weighted by molar-refractivity contribution is -0.118. The lowest BCUT2D eigenvalue weighted by Gasteiger charge is -2.20. The minimum atomic E-state index is -0.553. The number of pyridine rings is 1. The van der Waals surface area contributed by atoms with E-state index in [-0.39, 0.29) is 29.2 Å². The summed E-state index contributed by atoms with van der Waals surface area (Å²) >= 11 is 0. The van der Waals surface area contributed by atoms with Crippen LogP contribution >= 0.6 is 0 Å². The van der Waals surface area contributed by atoms with Crippen LogP contribution in [0.5, 0.6) is 5.75 Å². The number of rotatable bonds is 4. The first kappa shape index (κ1) is 17.1. The van der Waals surface area contributed by atoms with Crippen LogP contribution in [0.15, 0.2) is 17.1 Å². The van der Waals surface area contributed by atoms with Crippen molar-refractivity contribution >= 4 is 11.4 Å². The molecule has 2 heterocycles. The molecule has 0 aromatic carbocycles. The number of aromatic nitrogens is 2. The second kappa shape index (κ2) is 6.10. The standard InChI is InChI=1S/C17H21FN2O3/c1-6-13-14(23-9-10(2)21)16(22)20-8-11(17(3,4)5)7-12(18)15(20)19-13/h7-8H,6,9H2,1-5H3. The summed E-state index contributed by atoms with van der Waals surface area (Å²) in [6, 6.07) is 1.40. The van der Waals surface area contributed by atoms with Crippen LogP contribution in [0, 0.1) is 5.82 Å². The summed E-state index contributed by atoms with van der Waals surface area (Å²) in [4.78, 5) is 28.0. The fourth-order valence-corrected chi connectivity index (χ4v) is 2.20.